The maximum atomic E-state index is 5.58. The minimum atomic E-state index is -0.538. The smallest absolute Gasteiger partial charge is 0.0722 e. The summed E-state index contributed by atoms with van der Waals surface area (Å²) in [7, 11) is 0. The number of aromatic nitrogens is 1. The van der Waals surface area contributed by atoms with Crippen molar-refractivity contribution < 1.29 is 0 Å². The second kappa shape index (κ2) is 15.0. The fourth-order valence-corrected chi connectivity index (χ4v) is 11.3. The quantitative estimate of drug-likeness (QED) is 0.163. The number of hydrogen-bond donors (Lipinski definition) is 0. The lowest BCUT2D eigenvalue weighted by Gasteiger charge is -2.46. The number of rotatable bonds is 6. The monoisotopic (exact) mass is 817 g/mol. The largest absolute Gasteiger partial charge is 0.248 e. The number of nitrogens with zero attached hydrogens (tertiary/aromatic N) is 1. The molecule has 0 saturated heterocycles. The van der Waals surface area contributed by atoms with Gasteiger partial charge in [-0.25, -0.2) is 4.98 Å². The third kappa shape index (κ3) is 5.95. The fourth-order valence-electron chi connectivity index (χ4n) is 11.3. The number of allylic oxidation sites excluding steroid dienone is 4. The minimum absolute atomic E-state index is 0.186. The topological polar surface area (TPSA) is 12.9 Å². The standard InChI is InChI=1S/C63H47N/c1-62(2)54-29-15-17-31-56(54)63(57-32-18-16-30-55(57)62)53-35-34-46(49-37-47(42-20-7-3-8-21-42)36-48(38-49)43-22-9-4-10-23-43)39-52(53)61-51(28-19-33-58(61)63)60-41-50(44-24-11-5-12-25-44)40-59(64-60)45-26-13-6-14-27-45/h3-37,39-41,48H,38H2,1-2H3. The summed E-state index contributed by atoms with van der Waals surface area (Å²) in [6, 6.07) is 80.7. The van der Waals surface area contributed by atoms with Crippen LogP contribution < -0.4 is 0 Å². The normalized spacial score (nSPS) is 16.2. The summed E-state index contributed by atoms with van der Waals surface area (Å²) < 4.78 is 0. The molecule has 304 valence electrons. The Labute approximate surface area is 376 Å². The van der Waals surface area contributed by atoms with E-state index >= 15 is 0 Å². The number of fused-ring (bicyclic) bond motifs is 9. The van der Waals surface area contributed by atoms with E-state index in [2.05, 4.69) is 244 Å². The summed E-state index contributed by atoms with van der Waals surface area (Å²) in [5.74, 6) is 0.250. The highest BCUT2D eigenvalue weighted by atomic mass is 14.7. The van der Waals surface area contributed by atoms with E-state index in [1.165, 1.54) is 77.9 Å². The van der Waals surface area contributed by atoms with Gasteiger partial charge in [0.05, 0.1) is 16.8 Å². The van der Waals surface area contributed by atoms with Crippen LogP contribution in [0.15, 0.2) is 231 Å². The molecular formula is C63H47N. The molecule has 0 amide bonds. The Morgan fingerprint density at radius 1 is 0.406 bits per heavy atom. The van der Waals surface area contributed by atoms with Crippen molar-refractivity contribution in [2.45, 2.75) is 37.0 Å². The first-order chi connectivity index (χ1) is 31.5. The van der Waals surface area contributed by atoms with Crippen LogP contribution in [0.5, 0.6) is 0 Å². The molecule has 0 fully saturated rings. The molecule has 1 nitrogen and oxygen atoms in total. The van der Waals surface area contributed by atoms with Gasteiger partial charge in [-0.15, -0.1) is 0 Å². The molecule has 1 unspecified atom stereocenters. The molecule has 0 aliphatic heterocycles. The lowest BCUT2D eigenvalue weighted by Crippen LogP contribution is -2.40. The van der Waals surface area contributed by atoms with Crippen molar-refractivity contribution in [1.29, 1.82) is 0 Å². The van der Waals surface area contributed by atoms with E-state index in [1.54, 1.807) is 0 Å². The summed E-state index contributed by atoms with van der Waals surface area (Å²) >= 11 is 0. The Morgan fingerprint density at radius 3 is 1.61 bits per heavy atom. The first-order valence-electron chi connectivity index (χ1n) is 22.6. The zero-order chi connectivity index (χ0) is 42.8. The van der Waals surface area contributed by atoms with Crippen molar-refractivity contribution in [2.75, 3.05) is 0 Å². The average molecular weight is 818 g/mol. The van der Waals surface area contributed by atoms with Crippen LogP contribution in [0, 0.1) is 0 Å². The third-order valence-electron chi connectivity index (χ3n) is 14.3. The molecule has 9 aromatic rings. The summed E-state index contributed by atoms with van der Waals surface area (Å²) in [5, 5.41) is 0. The van der Waals surface area contributed by atoms with Crippen molar-refractivity contribution in [1.82, 2.24) is 4.98 Å². The Morgan fingerprint density at radius 2 is 0.953 bits per heavy atom. The van der Waals surface area contributed by atoms with E-state index in [9.17, 15) is 0 Å². The molecule has 64 heavy (non-hydrogen) atoms. The molecule has 1 aromatic heterocycles. The molecule has 1 atom stereocenters. The van der Waals surface area contributed by atoms with Gasteiger partial charge in [0.25, 0.3) is 0 Å². The molecule has 0 saturated carbocycles. The second-order valence-corrected chi connectivity index (χ2v) is 18.2. The van der Waals surface area contributed by atoms with Crippen LogP contribution in [-0.2, 0) is 10.8 Å². The number of hydrogen-bond acceptors (Lipinski definition) is 1. The molecule has 3 aliphatic rings. The van der Waals surface area contributed by atoms with Crippen molar-refractivity contribution >= 4 is 11.1 Å². The van der Waals surface area contributed by atoms with Crippen molar-refractivity contribution in [3.63, 3.8) is 0 Å². The van der Waals surface area contributed by atoms with Gasteiger partial charge < -0.3 is 0 Å². The van der Waals surface area contributed by atoms with Crippen LogP contribution in [0.25, 0.3) is 55.9 Å². The summed E-state index contributed by atoms with van der Waals surface area (Å²) in [6.45, 7) is 4.79. The minimum Gasteiger partial charge on any atom is -0.248 e. The summed E-state index contributed by atoms with van der Waals surface area (Å²) in [4.78, 5) is 5.58. The van der Waals surface area contributed by atoms with Crippen LogP contribution in [0.2, 0.25) is 0 Å². The average Bonchev–Trinajstić information content (AvgIpc) is 3.67. The van der Waals surface area contributed by atoms with Crippen LogP contribution in [-0.4, -0.2) is 4.98 Å². The predicted octanol–water partition coefficient (Wildman–Crippen LogP) is 15.7. The Hall–Kier alpha value is -7.61. The lowest BCUT2D eigenvalue weighted by molar-refractivity contribution is 0.563. The molecular weight excluding hydrogens is 771 g/mol. The van der Waals surface area contributed by atoms with Crippen molar-refractivity contribution in [3.8, 4) is 44.8 Å². The zero-order valence-electron chi connectivity index (χ0n) is 36.2. The number of pyridine rings is 1. The van der Waals surface area contributed by atoms with Crippen molar-refractivity contribution in [2.24, 2.45) is 0 Å². The molecule has 1 heteroatoms. The van der Waals surface area contributed by atoms with Crippen LogP contribution >= 0.6 is 0 Å². The molecule has 1 spiro atoms. The fraction of sp³-hybridized carbons (Fsp3) is 0.0952. The van der Waals surface area contributed by atoms with Gasteiger partial charge >= 0.3 is 0 Å². The van der Waals surface area contributed by atoms with Gasteiger partial charge in [-0.1, -0.05) is 226 Å². The van der Waals surface area contributed by atoms with E-state index in [0.717, 1.165) is 34.5 Å². The highest BCUT2D eigenvalue weighted by molar-refractivity contribution is 5.98. The zero-order valence-corrected chi connectivity index (χ0v) is 36.2. The van der Waals surface area contributed by atoms with E-state index < -0.39 is 5.41 Å². The molecule has 12 rings (SSSR count). The Bertz CT molecular complexity index is 3190. The van der Waals surface area contributed by atoms with Crippen LogP contribution in [0.1, 0.15) is 76.3 Å². The first kappa shape index (κ1) is 38.1. The molecule has 1 heterocycles. The molecule has 0 N–H and O–H groups in total. The predicted molar refractivity (Wildman–Crippen MR) is 266 cm³/mol. The third-order valence-corrected chi connectivity index (χ3v) is 14.3. The van der Waals surface area contributed by atoms with E-state index in [1.807, 2.05) is 0 Å². The second-order valence-electron chi connectivity index (χ2n) is 18.2. The lowest BCUT2D eigenvalue weighted by atomic mass is 9.55. The Kier molecular flexibility index (Phi) is 8.95. The highest BCUT2D eigenvalue weighted by Crippen LogP contribution is 2.63. The van der Waals surface area contributed by atoms with Gasteiger partial charge in [0.15, 0.2) is 0 Å². The van der Waals surface area contributed by atoms with E-state index in [0.29, 0.717) is 0 Å². The summed E-state index contributed by atoms with van der Waals surface area (Å²) in [6.07, 6.45) is 5.83. The molecule has 8 aromatic carbocycles. The number of benzene rings is 8. The molecule has 0 bridgehead atoms. The van der Waals surface area contributed by atoms with Gasteiger partial charge in [0.2, 0.25) is 0 Å². The molecule has 0 radical (unpaired) electrons. The van der Waals surface area contributed by atoms with Gasteiger partial charge in [0, 0.05) is 22.5 Å². The van der Waals surface area contributed by atoms with Gasteiger partial charge in [-0.05, 0) is 108 Å². The van der Waals surface area contributed by atoms with Gasteiger partial charge in [-0.2, -0.15) is 0 Å². The first-order valence-corrected chi connectivity index (χ1v) is 22.6. The SMILES string of the molecule is CC1(C)c2ccccc2C2(c3ccc(C4=CC(c5ccccc5)=CC(c5ccccc5)C4)cc3-c3c(-c4cc(-c5ccccc5)cc(-c5ccccc5)n4)cccc32)c2ccccc21. The van der Waals surface area contributed by atoms with E-state index in [-0.39, 0.29) is 11.3 Å². The molecule has 3 aliphatic carbocycles. The maximum Gasteiger partial charge on any atom is 0.0722 e. The van der Waals surface area contributed by atoms with E-state index in [4.69, 9.17) is 4.98 Å². The Balaban J connectivity index is 1.14. The van der Waals surface area contributed by atoms with Crippen molar-refractivity contribution in [3.05, 3.63) is 281 Å². The summed E-state index contributed by atoms with van der Waals surface area (Å²) in [5.41, 5.74) is 22.9. The van der Waals surface area contributed by atoms with Crippen LogP contribution in [0.3, 0.4) is 0 Å². The maximum absolute atomic E-state index is 5.58. The van der Waals surface area contributed by atoms with Gasteiger partial charge in [0.1, 0.15) is 0 Å². The highest BCUT2D eigenvalue weighted by Gasteiger charge is 2.53. The van der Waals surface area contributed by atoms with Crippen LogP contribution in [0.4, 0.5) is 0 Å². The van der Waals surface area contributed by atoms with Gasteiger partial charge in [-0.3, -0.25) is 0 Å².